The van der Waals surface area contributed by atoms with E-state index in [0.29, 0.717) is 23.3 Å². The Balaban J connectivity index is 1.95. The van der Waals surface area contributed by atoms with Gasteiger partial charge in [-0.3, -0.25) is 14.8 Å². The van der Waals surface area contributed by atoms with Gasteiger partial charge in [-0.15, -0.1) is 0 Å². The summed E-state index contributed by atoms with van der Waals surface area (Å²) in [6, 6.07) is 9.23. The first-order valence-corrected chi connectivity index (χ1v) is 6.80. The number of pyridine rings is 1. The third kappa shape index (κ3) is 1.94. The van der Waals surface area contributed by atoms with E-state index in [4.69, 9.17) is 0 Å². The van der Waals surface area contributed by atoms with Crippen molar-refractivity contribution in [1.82, 2.24) is 15.0 Å². The van der Waals surface area contributed by atoms with Crippen LogP contribution < -0.4 is 5.56 Å². The van der Waals surface area contributed by atoms with Crippen molar-refractivity contribution < 1.29 is 0 Å². The second-order valence-corrected chi connectivity index (χ2v) is 4.94. The molecule has 0 bridgehead atoms. The summed E-state index contributed by atoms with van der Waals surface area (Å²) in [5, 5.41) is 0.590. The van der Waals surface area contributed by atoms with E-state index in [-0.39, 0.29) is 5.56 Å². The summed E-state index contributed by atoms with van der Waals surface area (Å²) in [7, 11) is 0. The molecule has 0 fully saturated rings. The lowest BCUT2D eigenvalue weighted by molar-refractivity contribution is 0.926. The Kier molecular flexibility index (Phi) is 2.64. The van der Waals surface area contributed by atoms with Gasteiger partial charge in [0.25, 0.3) is 5.56 Å². The van der Waals surface area contributed by atoms with Gasteiger partial charge in [0.15, 0.2) is 5.82 Å². The molecular formula is C16H12N4O. The van der Waals surface area contributed by atoms with Gasteiger partial charge in [-0.05, 0) is 30.2 Å². The zero-order valence-corrected chi connectivity index (χ0v) is 11.2. The molecule has 0 radical (unpaired) electrons. The summed E-state index contributed by atoms with van der Waals surface area (Å²) in [4.78, 5) is 28.3. The molecule has 4 rings (SSSR count). The van der Waals surface area contributed by atoms with Gasteiger partial charge in [0.05, 0.1) is 10.9 Å². The highest BCUT2D eigenvalue weighted by atomic mass is 16.1. The zero-order valence-electron chi connectivity index (χ0n) is 11.2. The number of benzene rings is 1. The van der Waals surface area contributed by atoms with E-state index in [0.717, 1.165) is 23.3 Å². The van der Waals surface area contributed by atoms with E-state index in [1.165, 1.54) is 0 Å². The van der Waals surface area contributed by atoms with Crippen LogP contribution in [0.4, 0.5) is 0 Å². The molecule has 0 unspecified atom stereocenters. The molecule has 2 aromatic heterocycles. The molecule has 5 nitrogen and oxygen atoms in total. The minimum absolute atomic E-state index is 0.139. The predicted octanol–water partition coefficient (Wildman–Crippen LogP) is 1.71. The highest BCUT2D eigenvalue weighted by Gasteiger charge is 2.18. The Hall–Kier alpha value is -2.82. The number of aromatic amines is 1. The van der Waals surface area contributed by atoms with Gasteiger partial charge in [0, 0.05) is 24.5 Å². The molecule has 1 aliphatic heterocycles. The van der Waals surface area contributed by atoms with Crippen LogP contribution >= 0.6 is 0 Å². The average Bonchev–Trinajstić information content (AvgIpc) is 2.54. The first kappa shape index (κ1) is 12.0. The molecule has 21 heavy (non-hydrogen) atoms. The number of aromatic nitrogens is 3. The number of nitrogens with zero attached hydrogens (tertiary/aromatic N) is 3. The maximum atomic E-state index is 12.2. The lowest BCUT2D eigenvalue weighted by Gasteiger charge is -2.15. The molecular weight excluding hydrogens is 264 g/mol. The molecule has 0 spiro atoms. The zero-order chi connectivity index (χ0) is 14.2. The maximum Gasteiger partial charge on any atom is 0.259 e. The van der Waals surface area contributed by atoms with E-state index in [1.807, 2.05) is 30.5 Å². The molecule has 0 amide bonds. The number of H-pyrrole nitrogens is 1. The average molecular weight is 276 g/mol. The Morgan fingerprint density at radius 2 is 2.05 bits per heavy atom. The Bertz CT molecular complexity index is 927. The number of nitrogens with one attached hydrogen (secondary N) is 1. The largest absolute Gasteiger partial charge is 0.305 e. The quantitative estimate of drug-likeness (QED) is 0.735. The number of hydrogen-bond donors (Lipinski definition) is 1. The molecule has 0 atom stereocenters. The molecule has 0 saturated carbocycles. The second kappa shape index (κ2) is 4.63. The van der Waals surface area contributed by atoms with Crippen molar-refractivity contribution in [3.8, 4) is 0 Å². The third-order valence-electron chi connectivity index (χ3n) is 3.65. The third-order valence-corrected chi connectivity index (χ3v) is 3.65. The molecule has 3 heterocycles. The first-order chi connectivity index (χ1) is 10.3. The molecule has 102 valence electrons. The fourth-order valence-electron chi connectivity index (χ4n) is 2.63. The van der Waals surface area contributed by atoms with E-state index in [2.05, 4.69) is 19.9 Å². The molecule has 5 heteroatoms. The number of aliphatic imine (C=N–C) groups is 1. The van der Waals surface area contributed by atoms with Crippen molar-refractivity contribution >= 4 is 16.6 Å². The van der Waals surface area contributed by atoms with Gasteiger partial charge in [0.2, 0.25) is 0 Å². The van der Waals surface area contributed by atoms with E-state index in [1.54, 1.807) is 12.3 Å². The Morgan fingerprint density at radius 1 is 1.14 bits per heavy atom. The number of para-hydroxylation sites is 1. The Morgan fingerprint density at radius 3 is 3.00 bits per heavy atom. The lowest BCUT2D eigenvalue weighted by atomic mass is 9.99. The van der Waals surface area contributed by atoms with Crippen LogP contribution in [-0.4, -0.2) is 27.2 Å². The van der Waals surface area contributed by atoms with Crippen molar-refractivity contribution in [3.63, 3.8) is 0 Å². The summed E-state index contributed by atoms with van der Waals surface area (Å²) in [6.07, 6.45) is 4.45. The van der Waals surface area contributed by atoms with Crippen LogP contribution in [0.3, 0.4) is 0 Å². The minimum Gasteiger partial charge on any atom is -0.305 e. The van der Waals surface area contributed by atoms with Crippen LogP contribution in [-0.2, 0) is 6.42 Å². The minimum atomic E-state index is -0.139. The first-order valence-electron chi connectivity index (χ1n) is 6.80. The highest BCUT2D eigenvalue weighted by molar-refractivity contribution is 6.12. The number of rotatable bonds is 1. The SMILES string of the molecule is O=c1[nH]c(C2=NCCc3cnccc32)nc2ccccc12. The lowest BCUT2D eigenvalue weighted by Crippen LogP contribution is -2.21. The number of fused-ring (bicyclic) bond motifs is 2. The molecule has 1 N–H and O–H groups in total. The smallest absolute Gasteiger partial charge is 0.259 e. The van der Waals surface area contributed by atoms with Crippen molar-refractivity contribution in [2.45, 2.75) is 6.42 Å². The van der Waals surface area contributed by atoms with Crippen molar-refractivity contribution in [1.29, 1.82) is 0 Å². The molecule has 1 aromatic carbocycles. The van der Waals surface area contributed by atoms with Gasteiger partial charge in [0.1, 0.15) is 5.71 Å². The monoisotopic (exact) mass is 276 g/mol. The van der Waals surface area contributed by atoms with E-state index < -0.39 is 0 Å². The fraction of sp³-hybridized carbons (Fsp3) is 0.125. The summed E-state index contributed by atoms with van der Waals surface area (Å²) in [5.74, 6) is 0.519. The molecule has 0 aliphatic carbocycles. The summed E-state index contributed by atoms with van der Waals surface area (Å²) in [5.41, 5.74) is 3.41. The van der Waals surface area contributed by atoms with Gasteiger partial charge in [-0.1, -0.05) is 12.1 Å². The van der Waals surface area contributed by atoms with Crippen LogP contribution in [0.15, 0.2) is 52.5 Å². The van der Waals surface area contributed by atoms with Gasteiger partial charge in [-0.2, -0.15) is 0 Å². The summed E-state index contributed by atoms with van der Waals surface area (Å²) >= 11 is 0. The second-order valence-electron chi connectivity index (χ2n) is 4.94. The maximum absolute atomic E-state index is 12.2. The van der Waals surface area contributed by atoms with Gasteiger partial charge in [-0.25, -0.2) is 4.98 Å². The van der Waals surface area contributed by atoms with Crippen molar-refractivity contribution in [3.05, 3.63) is 70.0 Å². The van der Waals surface area contributed by atoms with Gasteiger partial charge < -0.3 is 4.98 Å². The summed E-state index contributed by atoms with van der Waals surface area (Å²) < 4.78 is 0. The standard InChI is InChI=1S/C16H12N4O/c21-16-12-3-1-2-4-13(12)19-15(20-16)14-11-6-7-17-9-10(11)5-8-18-14/h1-4,6-7,9H,5,8H2,(H,19,20,21). The van der Waals surface area contributed by atoms with Gasteiger partial charge >= 0.3 is 0 Å². The van der Waals surface area contributed by atoms with Crippen molar-refractivity contribution in [2.24, 2.45) is 4.99 Å². The molecule has 1 aliphatic rings. The Labute approximate surface area is 120 Å². The van der Waals surface area contributed by atoms with Crippen LogP contribution in [0.25, 0.3) is 10.9 Å². The van der Waals surface area contributed by atoms with Crippen LogP contribution in [0.2, 0.25) is 0 Å². The normalized spacial score (nSPS) is 13.8. The van der Waals surface area contributed by atoms with Crippen molar-refractivity contribution in [2.75, 3.05) is 6.54 Å². The predicted molar refractivity (Wildman–Crippen MR) is 80.8 cm³/mol. The topological polar surface area (TPSA) is 71.0 Å². The number of hydrogen-bond acceptors (Lipinski definition) is 4. The summed E-state index contributed by atoms with van der Waals surface area (Å²) in [6.45, 7) is 0.685. The van der Waals surface area contributed by atoms with E-state index >= 15 is 0 Å². The molecule has 0 saturated heterocycles. The highest BCUT2D eigenvalue weighted by Crippen LogP contribution is 2.18. The van der Waals surface area contributed by atoms with Crippen LogP contribution in [0.1, 0.15) is 17.0 Å². The van der Waals surface area contributed by atoms with E-state index in [9.17, 15) is 4.79 Å². The molecule has 3 aromatic rings. The van der Waals surface area contributed by atoms with Crippen LogP contribution in [0.5, 0.6) is 0 Å². The fourth-order valence-corrected chi connectivity index (χ4v) is 2.63. The van der Waals surface area contributed by atoms with Crippen LogP contribution in [0, 0.1) is 0 Å².